The molecule has 0 bridgehead atoms. The van der Waals surface area contributed by atoms with Crippen LogP contribution < -0.4 is 4.74 Å². The number of epoxide rings is 1. The highest BCUT2D eigenvalue weighted by atomic mass is 16.6. The van der Waals surface area contributed by atoms with E-state index in [4.69, 9.17) is 9.47 Å². The van der Waals surface area contributed by atoms with E-state index >= 15 is 0 Å². The molecule has 1 saturated heterocycles. The van der Waals surface area contributed by atoms with Crippen molar-refractivity contribution in [1.29, 1.82) is 0 Å². The van der Waals surface area contributed by atoms with Crippen LogP contribution in [0.4, 0.5) is 0 Å². The summed E-state index contributed by atoms with van der Waals surface area (Å²) in [7, 11) is 0. The lowest BCUT2D eigenvalue weighted by Gasteiger charge is -2.15. The van der Waals surface area contributed by atoms with E-state index in [0.29, 0.717) is 18.1 Å². The SMILES string of the molecule is CCCOc1ccc(C(CC)CC2OC2CC)cc1. The second-order valence-corrected chi connectivity index (χ2v) is 5.38. The third-order valence-electron chi connectivity index (χ3n) is 3.92. The summed E-state index contributed by atoms with van der Waals surface area (Å²) in [5.74, 6) is 1.59. The maximum Gasteiger partial charge on any atom is 0.119 e. The van der Waals surface area contributed by atoms with Crippen LogP contribution in [0, 0.1) is 0 Å². The Morgan fingerprint density at radius 2 is 1.84 bits per heavy atom. The quantitative estimate of drug-likeness (QED) is 0.642. The monoisotopic (exact) mass is 262 g/mol. The highest BCUT2D eigenvalue weighted by Gasteiger charge is 2.38. The van der Waals surface area contributed by atoms with Crippen LogP contribution in [-0.2, 0) is 4.74 Å². The summed E-state index contributed by atoms with van der Waals surface area (Å²) in [4.78, 5) is 0. The minimum Gasteiger partial charge on any atom is -0.494 e. The third kappa shape index (κ3) is 3.97. The lowest BCUT2D eigenvalue weighted by molar-refractivity contribution is 0.317. The maximum absolute atomic E-state index is 5.67. The summed E-state index contributed by atoms with van der Waals surface area (Å²) in [5.41, 5.74) is 1.41. The van der Waals surface area contributed by atoms with Gasteiger partial charge in [-0.05, 0) is 49.3 Å². The standard InChI is InChI=1S/C17H26O2/c1-4-11-18-15-9-7-14(8-10-15)13(5-2)12-17-16(6-3)19-17/h7-10,13,16-17H,4-6,11-12H2,1-3H3. The minimum absolute atomic E-state index is 0.492. The molecule has 1 aliphatic heterocycles. The molecule has 1 aliphatic rings. The van der Waals surface area contributed by atoms with Gasteiger partial charge in [0, 0.05) is 0 Å². The van der Waals surface area contributed by atoms with Crippen molar-refractivity contribution in [2.45, 2.75) is 64.6 Å². The molecule has 0 aromatic heterocycles. The van der Waals surface area contributed by atoms with Crippen LogP contribution in [0.25, 0.3) is 0 Å². The molecule has 0 N–H and O–H groups in total. The minimum atomic E-state index is 0.492. The van der Waals surface area contributed by atoms with Gasteiger partial charge in [-0.3, -0.25) is 0 Å². The molecule has 1 heterocycles. The van der Waals surface area contributed by atoms with E-state index in [1.807, 2.05) is 0 Å². The van der Waals surface area contributed by atoms with E-state index in [9.17, 15) is 0 Å². The average Bonchev–Trinajstić information content (AvgIpc) is 3.21. The van der Waals surface area contributed by atoms with Crippen molar-refractivity contribution in [2.24, 2.45) is 0 Å². The van der Waals surface area contributed by atoms with Gasteiger partial charge in [-0.25, -0.2) is 0 Å². The first-order chi connectivity index (χ1) is 9.28. The first-order valence-electron chi connectivity index (χ1n) is 7.66. The van der Waals surface area contributed by atoms with E-state index in [1.54, 1.807) is 0 Å². The first kappa shape index (κ1) is 14.4. The molecule has 3 atom stereocenters. The number of rotatable bonds is 8. The molecule has 1 aromatic rings. The summed E-state index contributed by atoms with van der Waals surface area (Å²) in [6.07, 6.45) is 5.53. The second-order valence-electron chi connectivity index (χ2n) is 5.38. The number of hydrogen-bond acceptors (Lipinski definition) is 2. The summed E-state index contributed by atoms with van der Waals surface area (Å²) < 4.78 is 11.3. The zero-order valence-corrected chi connectivity index (χ0v) is 12.4. The molecule has 0 radical (unpaired) electrons. The van der Waals surface area contributed by atoms with E-state index < -0.39 is 0 Å². The van der Waals surface area contributed by atoms with Crippen molar-refractivity contribution in [2.75, 3.05) is 6.61 Å². The molecule has 2 rings (SSSR count). The topological polar surface area (TPSA) is 21.8 Å². The van der Waals surface area contributed by atoms with Crippen LogP contribution >= 0.6 is 0 Å². The number of benzene rings is 1. The van der Waals surface area contributed by atoms with E-state index in [-0.39, 0.29) is 0 Å². The predicted octanol–water partition coefficient (Wildman–Crippen LogP) is 4.54. The third-order valence-corrected chi connectivity index (χ3v) is 3.92. The number of hydrogen-bond donors (Lipinski definition) is 0. The molecule has 106 valence electrons. The Kier molecular flexibility index (Phi) is 5.26. The smallest absolute Gasteiger partial charge is 0.119 e. The van der Waals surface area contributed by atoms with Crippen LogP contribution in [0.5, 0.6) is 5.75 Å². The molecule has 1 aromatic carbocycles. The zero-order chi connectivity index (χ0) is 13.7. The summed E-state index contributed by atoms with van der Waals surface area (Å²) >= 11 is 0. The van der Waals surface area contributed by atoms with Crippen molar-refractivity contribution in [3.63, 3.8) is 0 Å². The van der Waals surface area contributed by atoms with Crippen molar-refractivity contribution in [3.05, 3.63) is 29.8 Å². The Hall–Kier alpha value is -1.02. The van der Waals surface area contributed by atoms with Gasteiger partial charge in [-0.1, -0.05) is 32.9 Å². The second kappa shape index (κ2) is 6.95. The van der Waals surface area contributed by atoms with Crippen LogP contribution in [0.15, 0.2) is 24.3 Å². The van der Waals surface area contributed by atoms with E-state index in [0.717, 1.165) is 31.6 Å². The van der Waals surface area contributed by atoms with Gasteiger partial charge in [0.05, 0.1) is 18.8 Å². The van der Waals surface area contributed by atoms with Gasteiger partial charge in [-0.15, -0.1) is 0 Å². The van der Waals surface area contributed by atoms with Crippen molar-refractivity contribution in [1.82, 2.24) is 0 Å². The fraction of sp³-hybridized carbons (Fsp3) is 0.647. The van der Waals surface area contributed by atoms with E-state index in [2.05, 4.69) is 45.0 Å². The Balaban J connectivity index is 1.91. The van der Waals surface area contributed by atoms with Crippen LogP contribution in [-0.4, -0.2) is 18.8 Å². The van der Waals surface area contributed by atoms with Crippen molar-refractivity contribution >= 4 is 0 Å². The fourth-order valence-corrected chi connectivity index (χ4v) is 2.62. The highest BCUT2D eigenvalue weighted by molar-refractivity contribution is 5.29. The van der Waals surface area contributed by atoms with Crippen LogP contribution in [0.1, 0.15) is 57.9 Å². The summed E-state index contributed by atoms with van der Waals surface area (Å²) in [6.45, 7) is 7.38. The summed E-state index contributed by atoms with van der Waals surface area (Å²) in [6, 6.07) is 8.61. The Labute approximate surface area is 117 Å². The van der Waals surface area contributed by atoms with Gasteiger partial charge < -0.3 is 9.47 Å². The van der Waals surface area contributed by atoms with Gasteiger partial charge in [0.2, 0.25) is 0 Å². The number of ether oxygens (including phenoxy) is 2. The first-order valence-corrected chi connectivity index (χ1v) is 7.66. The lowest BCUT2D eigenvalue weighted by Crippen LogP contribution is -2.04. The molecule has 0 amide bonds. The van der Waals surface area contributed by atoms with Crippen LogP contribution in [0.2, 0.25) is 0 Å². The average molecular weight is 262 g/mol. The van der Waals surface area contributed by atoms with Gasteiger partial charge in [0.15, 0.2) is 0 Å². The van der Waals surface area contributed by atoms with Gasteiger partial charge in [0.25, 0.3) is 0 Å². The molecule has 19 heavy (non-hydrogen) atoms. The molecular weight excluding hydrogens is 236 g/mol. The predicted molar refractivity (Wildman–Crippen MR) is 78.8 cm³/mol. The molecule has 1 fully saturated rings. The lowest BCUT2D eigenvalue weighted by atomic mass is 9.91. The zero-order valence-electron chi connectivity index (χ0n) is 12.4. The van der Waals surface area contributed by atoms with Gasteiger partial charge in [-0.2, -0.15) is 0 Å². The van der Waals surface area contributed by atoms with Crippen molar-refractivity contribution < 1.29 is 9.47 Å². The maximum atomic E-state index is 5.67. The normalized spacial score (nSPS) is 23.1. The highest BCUT2D eigenvalue weighted by Crippen LogP contribution is 2.36. The van der Waals surface area contributed by atoms with Gasteiger partial charge in [0.1, 0.15) is 5.75 Å². The Morgan fingerprint density at radius 1 is 1.11 bits per heavy atom. The van der Waals surface area contributed by atoms with Gasteiger partial charge >= 0.3 is 0 Å². The molecule has 2 heteroatoms. The molecule has 2 nitrogen and oxygen atoms in total. The largest absolute Gasteiger partial charge is 0.494 e. The summed E-state index contributed by atoms with van der Waals surface area (Å²) in [5, 5.41) is 0. The molecule has 3 unspecified atom stereocenters. The van der Waals surface area contributed by atoms with E-state index in [1.165, 1.54) is 12.0 Å². The Morgan fingerprint density at radius 3 is 2.37 bits per heavy atom. The molecular formula is C17H26O2. The molecule has 0 aliphatic carbocycles. The molecule has 0 spiro atoms. The Bertz CT molecular complexity index is 371. The van der Waals surface area contributed by atoms with Crippen molar-refractivity contribution in [3.8, 4) is 5.75 Å². The van der Waals surface area contributed by atoms with Crippen LogP contribution in [0.3, 0.4) is 0 Å². The fourth-order valence-electron chi connectivity index (χ4n) is 2.62. The molecule has 0 saturated carbocycles.